The number of rotatable bonds is 2. The fraction of sp³-hybridized carbons (Fsp3) is 0.421. The van der Waals surface area contributed by atoms with Crippen molar-refractivity contribution in [3.63, 3.8) is 0 Å². The van der Waals surface area contributed by atoms with Crippen molar-refractivity contribution < 1.29 is 9.18 Å². The number of likely N-dealkylation sites (tertiary alicyclic amines) is 1. The van der Waals surface area contributed by atoms with Crippen LogP contribution in [0.15, 0.2) is 42.7 Å². The van der Waals surface area contributed by atoms with Gasteiger partial charge in [-0.1, -0.05) is 6.07 Å². The SMILES string of the molecule is O=C(c1cccc(F)c1)N1CCC2(CCN(c3ncccn3)CC2)C1. The fourth-order valence-electron chi connectivity index (χ4n) is 3.96. The molecule has 2 fully saturated rings. The van der Waals surface area contributed by atoms with E-state index in [-0.39, 0.29) is 17.1 Å². The van der Waals surface area contributed by atoms with Gasteiger partial charge in [0.05, 0.1) is 0 Å². The molecule has 130 valence electrons. The zero-order valence-electron chi connectivity index (χ0n) is 14.1. The summed E-state index contributed by atoms with van der Waals surface area (Å²) in [7, 11) is 0. The number of anilines is 1. The van der Waals surface area contributed by atoms with E-state index in [4.69, 9.17) is 0 Å². The maximum absolute atomic E-state index is 13.4. The summed E-state index contributed by atoms with van der Waals surface area (Å²) in [6.45, 7) is 3.32. The lowest BCUT2D eigenvalue weighted by Crippen LogP contribution is -2.42. The molecule has 25 heavy (non-hydrogen) atoms. The van der Waals surface area contributed by atoms with Crippen molar-refractivity contribution in [3.8, 4) is 0 Å². The minimum Gasteiger partial charge on any atom is -0.341 e. The first kappa shape index (κ1) is 16.0. The Labute approximate surface area is 146 Å². The van der Waals surface area contributed by atoms with Crippen molar-refractivity contribution in [2.24, 2.45) is 5.41 Å². The molecule has 0 radical (unpaired) electrons. The van der Waals surface area contributed by atoms with Crippen molar-refractivity contribution in [2.75, 3.05) is 31.1 Å². The van der Waals surface area contributed by atoms with Gasteiger partial charge in [0, 0.05) is 44.1 Å². The van der Waals surface area contributed by atoms with Gasteiger partial charge in [0.25, 0.3) is 5.91 Å². The largest absolute Gasteiger partial charge is 0.341 e. The van der Waals surface area contributed by atoms with E-state index < -0.39 is 0 Å². The predicted molar refractivity (Wildman–Crippen MR) is 92.8 cm³/mol. The van der Waals surface area contributed by atoms with E-state index in [0.717, 1.165) is 51.4 Å². The molecule has 0 aliphatic carbocycles. The second-order valence-corrected chi connectivity index (χ2v) is 7.02. The van der Waals surface area contributed by atoms with E-state index in [1.807, 2.05) is 11.0 Å². The van der Waals surface area contributed by atoms with Crippen molar-refractivity contribution in [1.29, 1.82) is 0 Å². The molecule has 1 aromatic heterocycles. The summed E-state index contributed by atoms with van der Waals surface area (Å²) in [5, 5.41) is 0. The van der Waals surface area contributed by atoms with Crippen LogP contribution in [-0.2, 0) is 0 Å². The van der Waals surface area contributed by atoms with Crippen molar-refractivity contribution >= 4 is 11.9 Å². The molecular formula is C19H21FN4O. The zero-order valence-corrected chi connectivity index (χ0v) is 14.1. The number of aromatic nitrogens is 2. The number of amides is 1. The second kappa shape index (κ2) is 6.43. The molecule has 2 saturated heterocycles. The molecule has 2 aromatic rings. The van der Waals surface area contributed by atoms with E-state index >= 15 is 0 Å². The zero-order chi connectivity index (χ0) is 17.3. The number of hydrogen-bond acceptors (Lipinski definition) is 4. The van der Waals surface area contributed by atoms with E-state index in [1.54, 1.807) is 24.5 Å². The minimum atomic E-state index is -0.365. The fourth-order valence-corrected chi connectivity index (χ4v) is 3.96. The highest BCUT2D eigenvalue weighted by atomic mass is 19.1. The lowest BCUT2D eigenvalue weighted by atomic mass is 9.78. The molecule has 4 rings (SSSR count). The monoisotopic (exact) mass is 340 g/mol. The van der Waals surface area contributed by atoms with Crippen LogP contribution in [0.4, 0.5) is 10.3 Å². The first-order valence-electron chi connectivity index (χ1n) is 8.72. The van der Waals surface area contributed by atoms with Crippen LogP contribution < -0.4 is 4.90 Å². The summed E-state index contributed by atoms with van der Waals surface area (Å²) >= 11 is 0. The van der Waals surface area contributed by atoms with Gasteiger partial charge in [-0.25, -0.2) is 14.4 Å². The van der Waals surface area contributed by atoms with Crippen molar-refractivity contribution in [1.82, 2.24) is 14.9 Å². The predicted octanol–water partition coefficient (Wildman–Crippen LogP) is 2.75. The molecule has 2 aliphatic rings. The van der Waals surface area contributed by atoms with Gasteiger partial charge in [-0.15, -0.1) is 0 Å². The van der Waals surface area contributed by atoms with Gasteiger partial charge in [0.1, 0.15) is 5.82 Å². The summed E-state index contributed by atoms with van der Waals surface area (Å²) in [4.78, 5) is 25.4. The summed E-state index contributed by atoms with van der Waals surface area (Å²) in [6, 6.07) is 7.78. The summed E-state index contributed by atoms with van der Waals surface area (Å²) < 4.78 is 13.4. The first-order chi connectivity index (χ1) is 12.2. The molecule has 1 aromatic carbocycles. The number of hydrogen-bond donors (Lipinski definition) is 0. The van der Waals surface area contributed by atoms with Gasteiger partial charge < -0.3 is 9.80 Å². The molecule has 1 amide bonds. The molecule has 2 aliphatic heterocycles. The third-order valence-corrected chi connectivity index (χ3v) is 5.46. The van der Waals surface area contributed by atoms with Crippen LogP contribution in [-0.4, -0.2) is 47.0 Å². The maximum Gasteiger partial charge on any atom is 0.253 e. The summed E-state index contributed by atoms with van der Waals surface area (Å²) in [5.41, 5.74) is 0.612. The van der Waals surface area contributed by atoms with Crippen LogP contribution in [0.25, 0.3) is 0 Å². The number of benzene rings is 1. The minimum absolute atomic E-state index is 0.0646. The first-order valence-corrected chi connectivity index (χ1v) is 8.72. The number of carbonyl (C=O) groups excluding carboxylic acids is 1. The number of piperidine rings is 1. The Hall–Kier alpha value is -2.50. The average molecular weight is 340 g/mol. The van der Waals surface area contributed by atoms with Gasteiger partial charge >= 0.3 is 0 Å². The quantitative estimate of drug-likeness (QED) is 0.843. The van der Waals surface area contributed by atoms with Crippen LogP contribution >= 0.6 is 0 Å². The van der Waals surface area contributed by atoms with Gasteiger partial charge in [0.2, 0.25) is 5.95 Å². The molecule has 0 bridgehead atoms. The summed E-state index contributed by atoms with van der Waals surface area (Å²) in [5.74, 6) is 0.351. The molecule has 0 atom stereocenters. The Balaban J connectivity index is 1.40. The molecule has 0 saturated carbocycles. The molecule has 0 unspecified atom stereocenters. The lowest BCUT2D eigenvalue weighted by Gasteiger charge is -2.39. The third-order valence-electron chi connectivity index (χ3n) is 5.46. The Morgan fingerprint density at radius 2 is 1.76 bits per heavy atom. The Morgan fingerprint density at radius 1 is 1.04 bits per heavy atom. The van der Waals surface area contributed by atoms with Crippen LogP contribution in [0.3, 0.4) is 0 Å². The van der Waals surface area contributed by atoms with Crippen LogP contribution in [0.2, 0.25) is 0 Å². The maximum atomic E-state index is 13.4. The van der Waals surface area contributed by atoms with Gasteiger partial charge in [-0.3, -0.25) is 4.79 Å². The number of nitrogens with zero attached hydrogens (tertiary/aromatic N) is 4. The van der Waals surface area contributed by atoms with Crippen LogP contribution in [0.1, 0.15) is 29.6 Å². The molecule has 1 spiro atoms. The topological polar surface area (TPSA) is 49.3 Å². The molecule has 3 heterocycles. The van der Waals surface area contributed by atoms with E-state index in [1.165, 1.54) is 12.1 Å². The van der Waals surface area contributed by atoms with E-state index in [2.05, 4.69) is 14.9 Å². The second-order valence-electron chi connectivity index (χ2n) is 7.02. The Kier molecular flexibility index (Phi) is 4.11. The normalized spacial score (nSPS) is 19.4. The standard InChI is InChI=1S/C19H21FN4O/c20-16-4-1-3-15(13-16)17(25)24-12-7-19(14-24)5-10-23(11-6-19)18-21-8-2-9-22-18/h1-4,8-9,13H,5-7,10-12,14H2. The van der Waals surface area contributed by atoms with E-state index in [9.17, 15) is 9.18 Å². The van der Waals surface area contributed by atoms with Crippen LogP contribution in [0, 0.1) is 11.2 Å². The highest BCUT2D eigenvalue weighted by Crippen LogP contribution is 2.41. The molecule has 6 heteroatoms. The van der Waals surface area contributed by atoms with Gasteiger partial charge in [0.15, 0.2) is 0 Å². The average Bonchev–Trinajstić information content (AvgIpc) is 3.06. The Morgan fingerprint density at radius 3 is 2.48 bits per heavy atom. The summed E-state index contributed by atoms with van der Waals surface area (Å²) in [6.07, 6.45) is 6.59. The van der Waals surface area contributed by atoms with Crippen molar-refractivity contribution in [2.45, 2.75) is 19.3 Å². The molecular weight excluding hydrogens is 319 g/mol. The van der Waals surface area contributed by atoms with Gasteiger partial charge in [-0.05, 0) is 48.9 Å². The Bertz CT molecular complexity index is 759. The van der Waals surface area contributed by atoms with Crippen LogP contribution in [0.5, 0.6) is 0 Å². The third kappa shape index (κ3) is 3.21. The number of carbonyl (C=O) groups is 1. The lowest BCUT2D eigenvalue weighted by molar-refractivity contribution is 0.0764. The number of halogens is 1. The van der Waals surface area contributed by atoms with Gasteiger partial charge in [-0.2, -0.15) is 0 Å². The highest BCUT2D eigenvalue weighted by molar-refractivity contribution is 5.94. The highest BCUT2D eigenvalue weighted by Gasteiger charge is 2.42. The molecule has 5 nitrogen and oxygen atoms in total. The van der Waals surface area contributed by atoms with E-state index in [0.29, 0.717) is 5.56 Å². The smallest absolute Gasteiger partial charge is 0.253 e. The van der Waals surface area contributed by atoms with Crippen molar-refractivity contribution in [3.05, 3.63) is 54.1 Å². The molecule has 0 N–H and O–H groups in total.